The van der Waals surface area contributed by atoms with Crippen LogP contribution in [0.4, 0.5) is 0 Å². The predicted octanol–water partition coefficient (Wildman–Crippen LogP) is 1.02. The van der Waals surface area contributed by atoms with E-state index in [1.54, 1.807) is 13.0 Å². The lowest BCUT2D eigenvalue weighted by molar-refractivity contribution is -0.132. The van der Waals surface area contributed by atoms with Gasteiger partial charge in [-0.2, -0.15) is 0 Å². The Hall–Kier alpha value is -1.86. The number of carboxylic acid groups (broad SMARTS) is 1. The fourth-order valence-corrected chi connectivity index (χ4v) is 1.51. The molecule has 0 unspecified atom stereocenters. The van der Waals surface area contributed by atoms with Crippen LogP contribution >= 0.6 is 7.82 Å². The maximum atomic E-state index is 10.7. The number of carboxylic acids is 1. The van der Waals surface area contributed by atoms with E-state index >= 15 is 0 Å². The summed E-state index contributed by atoms with van der Waals surface area (Å²) in [6, 6.07) is 1.58. The zero-order valence-corrected chi connectivity index (χ0v) is 11.4. The van der Waals surface area contributed by atoms with Crippen LogP contribution in [0.1, 0.15) is 16.8 Å². The van der Waals surface area contributed by atoms with Crippen LogP contribution in [0.25, 0.3) is 0 Å². The van der Waals surface area contributed by atoms with Crippen LogP contribution in [-0.2, 0) is 20.5 Å². The van der Waals surface area contributed by atoms with Crippen molar-refractivity contribution in [2.75, 3.05) is 0 Å². The molecule has 0 fully saturated rings. The minimum absolute atomic E-state index is 0.360. The van der Waals surface area contributed by atoms with Crippen LogP contribution in [0.5, 0.6) is 0 Å². The van der Waals surface area contributed by atoms with Crippen LogP contribution in [-0.4, -0.2) is 32.1 Å². The van der Waals surface area contributed by atoms with Crippen molar-refractivity contribution < 1.29 is 28.8 Å². The van der Waals surface area contributed by atoms with Crippen molar-refractivity contribution in [3.05, 3.63) is 41.4 Å². The van der Waals surface area contributed by atoms with Gasteiger partial charge in [-0.15, -0.1) is 0 Å². The molecule has 0 radical (unpaired) electrons. The highest BCUT2D eigenvalue weighted by molar-refractivity contribution is 7.46. The first-order chi connectivity index (χ1) is 9.19. The Kier molecular flexibility index (Phi) is 5.29. The summed E-state index contributed by atoms with van der Waals surface area (Å²) in [6.07, 6.45) is 2.60. The first-order valence-electron chi connectivity index (χ1n) is 5.31. The highest BCUT2D eigenvalue weighted by Crippen LogP contribution is 2.37. The zero-order valence-electron chi connectivity index (χ0n) is 10.6. The Balaban J connectivity index is 2.99. The second-order valence-corrected chi connectivity index (χ2v) is 5.04. The molecule has 0 aliphatic carbocycles. The number of pyridine rings is 1. The van der Waals surface area contributed by atoms with Gasteiger partial charge < -0.3 is 14.9 Å². The third-order valence-corrected chi connectivity index (χ3v) is 2.62. The van der Waals surface area contributed by atoms with Crippen molar-refractivity contribution in [1.82, 2.24) is 4.98 Å². The highest BCUT2D eigenvalue weighted by Gasteiger charge is 2.15. The summed E-state index contributed by atoms with van der Waals surface area (Å²) >= 11 is 0. The lowest BCUT2D eigenvalue weighted by atomic mass is 10.1. The molecule has 9 heteroatoms. The van der Waals surface area contributed by atoms with Crippen LogP contribution in [0.3, 0.4) is 0 Å². The van der Waals surface area contributed by atoms with E-state index in [0.29, 0.717) is 16.8 Å². The van der Waals surface area contributed by atoms with E-state index in [1.165, 1.54) is 12.4 Å². The first-order valence-corrected chi connectivity index (χ1v) is 6.84. The molecule has 0 bridgehead atoms. The normalized spacial score (nSPS) is 11.8. The van der Waals surface area contributed by atoms with Crippen LogP contribution in [0.2, 0.25) is 0 Å². The summed E-state index contributed by atoms with van der Waals surface area (Å²) in [5.74, 6) is -1.26. The number of aliphatic imine (C=N–C) groups is 1. The molecule has 0 aliphatic heterocycles. The second kappa shape index (κ2) is 6.53. The standard InChI is InChI=1S/C11H13N2O6P/c1-7-3-9(4-13-8(2)11(14)15)10(5-12-7)6-19-20(16,17)18/h3-5H,2,6H2,1H3,(H,14,15)(H2,16,17,18). The van der Waals surface area contributed by atoms with Gasteiger partial charge in [0.15, 0.2) is 0 Å². The fourth-order valence-electron chi connectivity index (χ4n) is 1.21. The van der Waals surface area contributed by atoms with Gasteiger partial charge >= 0.3 is 13.8 Å². The van der Waals surface area contributed by atoms with Crippen LogP contribution in [0.15, 0.2) is 29.5 Å². The number of hydrogen-bond acceptors (Lipinski definition) is 5. The fraction of sp³-hybridized carbons (Fsp3) is 0.182. The molecule has 1 rings (SSSR count). The number of phosphoric acid groups is 1. The molecule has 1 aromatic rings. The van der Waals surface area contributed by atoms with E-state index in [2.05, 4.69) is 21.1 Å². The van der Waals surface area contributed by atoms with Crippen molar-refractivity contribution in [3.63, 3.8) is 0 Å². The minimum Gasteiger partial charge on any atom is -0.477 e. The van der Waals surface area contributed by atoms with Crippen molar-refractivity contribution in [3.8, 4) is 0 Å². The number of aryl methyl sites for hydroxylation is 1. The quantitative estimate of drug-likeness (QED) is 0.406. The summed E-state index contributed by atoms with van der Waals surface area (Å²) in [6.45, 7) is 4.57. The van der Waals surface area contributed by atoms with Gasteiger partial charge in [0.05, 0.1) is 6.61 Å². The maximum absolute atomic E-state index is 10.7. The van der Waals surface area contributed by atoms with E-state index in [9.17, 15) is 9.36 Å². The third-order valence-electron chi connectivity index (χ3n) is 2.15. The molecule has 1 heterocycles. The Bertz CT molecular complexity index is 607. The van der Waals surface area contributed by atoms with E-state index in [4.69, 9.17) is 14.9 Å². The largest absolute Gasteiger partial charge is 0.477 e. The molecule has 0 spiro atoms. The molecule has 3 N–H and O–H groups in total. The predicted molar refractivity (Wildman–Crippen MR) is 70.2 cm³/mol. The van der Waals surface area contributed by atoms with Crippen LogP contribution in [0, 0.1) is 6.92 Å². The smallest absolute Gasteiger partial charge is 0.469 e. The molecular formula is C11H13N2O6P. The van der Waals surface area contributed by atoms with E-state index < -0.39 is 13.8 Å². The van der Waals surface area contributed by atoms with Gasteiger partial charge in [0.1, 0.15) is 5.70 Å². The molecule has 0 aromatic carbocycles. The lowest BCUT2D eigenvalue weighted by Crippen LogP contribution is -2.01. The number of carbonyl (C=O) groups is 1. The number of aliphatic carboxylic acids is 1. The Morgan fingerprint density at radius 1 is 1.60 bits per heavy atom. The van der Waals surface area contributed by atoms with Gasteiger partial charge in [-0.05, 0) is 13.0 Å². The molecule has 0 saturated carbocycles. The minimum atomic E-state index is -4.60. The molecule has 0 aliphatic rings. The van der Waals surface area contributed by atoms with Crippen molar-refractivity contribution >= 4 is 20.0 Å². The van der Waals surface area contributed by atoms with E-state index in [1.807, 2.05) is 0 Å². The molecule has 108 valence electrons. The Morgan fingerprint density at radius 3 is 2.80 bits per heavy atom. The van der Waals surface area contributed by atoms with Gasteiger partial charge in [-0.1, -0.05) is 6.58 Å². The second-order valence-electron chi connectivity index (χ2n) is 3.80. The Morgan fingerprint density at radius 2 is 2.25 bits per heavy atom. The molecule has 0 atom stereocenters. The topological polar surface area (TPSA) is 129 Å². The summed E-state index contributed by atoms with van der Waals surface area (Å²) in [7, 11) is -4.60. The lowest BCUT2D eigenvalue weighted by Gasteiger charge is -2.08. The number of phosphoric ester groups is 1. The zero-order chi connectivity index (χ0) is 15.3. The number of rotatable bonds is 6. The number of aromatic nitrogens is 1. The molecule has 8 nitrogen and oxygen atoms in total. The molecule has 0 saturated heterocycles. The number of hydrogen-bond donors (Lipinski definition) is 3. The SMILES string of the molecule is C=C(N=Cc1cc(C)ncc1COP(=O)(O)O)C(=O)O. The number of nitrogens with zero attached hydrogens (tertiary/aromatic N) is 2. The summed E-state index contributed by atoms with van der Waals surface area (Å²) in [4.78, 5) is 35.5. The third kappa shape index (κ3) is 5.41. The highest BCUT2D eigenvalue weighted by atomic mass is 31.2. The average Bonchev–Trinajstić information content (AvgIpc) is 2.33. The van der Waals surface area contributed by atoms with E-state index in [0.717, 1.165) is 0 Å². The molecule has 0 amide bonds. The van der Waals surface area contributed by atoms with Gasteiger partial charge in [0, 0.05) is 29.2 Å². The summed E-state index contributed by atoms with van der Waals surface area (Å²) < 4.78 is 15.0. The van der Waals surface area contributed by atoms with Gasteiger partial charge in [0.2, 0.25) is 0 Å². The monoisotopic (exact) mass is 300 g/mol. The van der Waals surface area contributed by atoms with E-state index in [-0.39, 0.29) is 12.3 Å². The maximum Gasteiger partial charge on any atom is 0.469 e. The van der Waals surface area contributed by atoms with Crippen LogP contribution < -0.4 is 0 Å². The van der Waals surface area contributed by atoms with Crippen molar-refractivity contribution in [2.45, 2.75) is 13.5 Å². The summed E-state index contributed by atoms with van der Waals surface area (Å²) in [5, 5.41) is 8.64. The average molecular weight is 300 g/mol. The molecule has 1 aromatic heterocycles. The van der Waals surface area contributed by atoms with Gasteiger partial charge in [-0.25, -0.2) is 14.4 Å². The van der Waals surface area contributed by atoms with Crippen molar-refractivity contribution in [2.24, 2.45) is 4.99 Å². The molecule has 20 heavy (non-hydrogen) atoms. The van der Waals surface area contributed by atoms with Gasteiger partial charge in [0.25, 0.3) is 0 Å². The Labute approximate surface area is 114 Å². The van der Waals surface area contributed by atoms with Crippen molar-refractivity contribution in [1.29, 1.82) is 0 Å². The van der Waals surface area contributed by atoms with Gasteiger partial charge in [-0.3, -0.25) is 9.51 Å². The first kappa shape index (κ1) is 16.2. The summed E-state index contributed by atoms with van der Waals surface area (Å²) in [5.41, 5.74) is 1.07. The molecular weight excluding hydrogens is 287 g/mol.